The van der Waals surface area contributed by atoms with Crippen LogP contribution in [0.1, 0.15) is 12.5 Å². The van der Waals surface area contributed by atoms with Crippen molar-refractivity contribution < 1.29 is 18.3 Å². The second-order valence-corrected chi connectivity index (χ2v) is 7.40. The van der Waals surface area contributed by atoms with Gasteiger partial charge in [0, 0.05) is 17.8 Å². The lowest BCUT2D eigenvalue weighted by Crippen LogP contribution is -2.15. The Morgan fingerprint density at radius 2 is 1.97 bits per heavy atom. The monoisotopic (exact) mass is 444 g/mol. The topological polar surface area (TPSA) is 69.0 Å². The summed E-state index contributed by atoms with van der Waals surface area (Å²) in [5, 5.41) is 11.9. The number of nitrogens with zero attached hydrogens (tertiary/aromatic N) is 3. The molecule has 3 aromatic rings. The highest BCUT2D eigenvalue weighted by molar-refractivity contribution is 7.99. The normalized spacial score (nSPS) is 10.8. The maximum atomic E-state index is 12.4. The number of aryl methyl sites for hydroxylation is 1. The molecule has 0 saturated carbocycles. The van der Waals surface area contributed by atoms with Crippen LogP contribution in [0, 0.1) is 0 Å². The van der Waals surface area contributed by atoms with Gasteiger partial charge >= 0.3 is 6.61 Å². The van der Waals surface area contributed by atoms with Crippen LogP contribution in [0.2, 0.25) is 0 Å². The van der Waals surface area contributed by atoms with Crippen LogP contribution in [0.25, 0.3) is 11.4 Å². The number of carbonyl (C=O) groups excluding carboxylic acids is 1. The highest BCUT2D eigenvalue weighted by atomic mass is 32.2. The molecular formula is C22H22F2N4O2S. The number of halogens is 2. The van der Waals surface area contributed by atoms with E-state index in [4.69, 9.17) is 0 Å². The Labute approximate surface area is 183 Å². The van der Waals surface area contributed by atoms with Gasteiger partial charge in [-0.3, -0.25) is 9.36 Å². The Morgan fingerprint density at radius 3 is 2.65 bits per heavy atom. The molecule has 0 atom stereocenters. The van der Waals surface area contributed by atoms with Gasteiger partial charge < -0.3 is 10.1 Å². The number of allylic oxidation sites excluding steroid dienone is 1. The fraction of sp³-hybridized carbons (Fsp3) is 0.227. The summed E-state index contributed by atoms with van der Waals surface area (Å²) < 4.78 is 30.9. The molecule has 1 heterocycles. The number of hydrogen-bond donors (Lipinski definition) is 1. The number of para-hydroxylation sites is 1. The molecule has 1 aromatic heterocycles. The Bertz CT molecular complexity index is 1040. The fourth-order valence-electron chi connectivity index (χ4n) is 2.96. The van der Waals surface area contributed by atoms with Crippen LogP contribution >= 0.6 is 11.8 Å². The molecule has 0 unspecified atom stereocenters. The van der Waals surface area contributed by atoms with Crippen LogP contribution < -0.4 is 10.1 Å². The Hall–Kier alpha value is -3.20. The minimum absolute atomic E-state index is 0.0622. The number of alkyl halides is 2. The maximum absolute atomic E-state index is 12.4. The molecule has 0 radical (unpaired) electrons. The summed E-state index contributed by atoms with van der Waals surface area (Å²) in [5.41, 5.74) is 2.55. The number of carbonyl (C=O) groups is 1. The standard InChI is InChI=1S/C22H22F2N4O2S/c1-3-13-28-20(16-9-11-17(12-10-16)30-21(23)24)26-27-22(28)31-14-19(29)25-18-8-6-5-7-15(18)4-2/h3,5-12,21H,1,4,13-14H2,2H3,(H,25,29). The van der Waals surface area contributed by atoms with Crippen LogP contribution in [0.4, 0.5) is 14.5 Å². The average molecular weight is 445 g/mol. The lowest BCUT2D eigenvalue weighted by molar-refractivity contribution is -0.113. The molecule has 0 spiro atoms. The average Bonchev–Trinajstić information content (AvgIpc) is 3.15. The van der Waals surface area contributed by atoms with E-state index in [1.807, 2.05) is 35.8 Å². The summed E-state index contributed by atoms with van der Waals surface area (Å²) >= 11 is 1.26. The van der Waals surface area contributed by atoms with Crippen molar-refractivity contribution in [2.45, 2.75) is 31.7 Å². The van der Waals surface area contributed by atoms with Gasteiger partial charge in [0.05, 0.1) is 5.75 Å². The summed E-state index contributed by atoms with van der Waals surface area (Å²) in [6, 6.07) is 13.8. The van der Waals surface area contributed by atoms with E-state index in [9.17, 15) is 13.6 Å². The molecule has 0 saturated heterocycles. The number of ether oxygens (including phenoxy) is 1. The van der Waals surface area contributed by atoms with Crippen molar-refractivity contribution in [2.75, 3.05) is 11.1 Å². The van der Waals surface area contributed by atoms with Crippen molar-refractivity contribution in [3.8, 4) is 17.1 Å². The third kappa shape index (κ3) is 5.91. The number of rotatable bonds is 10. The maximum Gasteiger partial charge on any atom is 0.387 e. The SMILES string of the molecule is C=CCn1c(SCC(=O)Nc2ccccc2CC)nnc1-c1ccc(OC(F)F)cc1. The van der Waals surface area contributed by atoms with Crippen LogP contribution in [0.3, 0.4) is 0 Å². The van der Waals surface area contributed by atoms with Crippen molar-refractivity contribution in [3.05, 3.63) is 66.7 Å². The van der Waals surface area contributed by atoms with Crippen molar-refractivity contribution >= 4 is 23.4 Å². The molecular weight excluding hydrogens is 422 g/mol. The summed E-state index contributed by atoms with van der Waals surface area (Å²) in [4.78, 5) is 12.4. The lowest BCUT2D eigenvalue weighted by atomic mass is 10.1. The van der Waals surface area contributed by atoms with Gasteiger partial charge in [0.2, 0.25) is 5.91 Å². The molecule has 0 fully saturated rings. The highest BCUT2D eigenvalue weighted by Crippen LogP contribution is 2.26. The van der Waals surface area contributed by atoms with E-state index < -0.39 is 6.61 Å². The van der Waals surface area contributed by atoms with Gasteiger partial charge in [-0.15, -0.1) is 16.8 Å². The van der Waals surface area contributed by atoms with Gasteiger partial charge in [-0.25, -0.2) is 0 Å². The van der Waals surface area contributed by atoms with Crippen molar-refractivity contribution in [1.82, 2.24) is 14.8 Å². The van der Waals surface area contributed by atoms with Crippen molar-refractivity contribution in [1.29, 1.82) is 0 Å². The van der Waals surface area contributed by atoms with Crippen LogP contribution in [-0.4, -0.2) is 33.0 Å². The predicted molar refractivity (Wildman–Crippen MR) is 117 cm³/mol. The Kier molecular flexibility index (Phi) is 7.77. The first-order chi connectivity index (χ1) is 15.0. The Balaban J connectivity index is 1.71. The van der Waals surface area contributed by atoms with Crippen molar-refractivity contribution in [3.63, 3.8) is 0 Å². The van der Waals surface area contributed by atoms with Crippen LogP contribution in [0.15, 0.2) is 66.3 Å². The number of anilines is 1. The largest absolute Gasteiger partial charge is 0.435 e. The van der Waals surface area contributed by atoms with Crippen molar-refractivity contribution in [2.24, 2.45) is 0 Å². The fourth-order valence-corrected chi connectivity index (χ4v) is 3.70. The number of hydrogen-bond acceptors (Lipinski definition) is 5. The number of benzene rings is 2. The van der Waals surface area contributed by atoms with Gasteiger partial charge in [0.25, 0.3) is 0 Å². The minimum atomic E-state index is -2.88. The summed E-state index contributed by atoms with van der Waals surface area (Å²) in [5.74, 6) is 0.623. The number of thioether (sulfide) groups is 1. The van der Waals surface area contributed by atoms with E-state index in [0.717, 1.165) is 17.7 Å². The molecule has 0 aliphatic heterocycles. The molecule has 31 heavy (non-hydrogen) atoms. The lowest BCUT2D eigenvalue weighted by Gasteiger charge is -2.10. The second-order valence-electron chi connectivity index (χ2n) is 6.46. The van der Waals surface area contributed by atoms with Gasteiger partial charge in [-0.1, -0.05) is 43.0 Å². The van der Waals surface area contributed by atoms with Crippen LogP contribution in [-0.2, 0) is 17.8 Å². The van der Waals surface area contributed by atoms with Gasteiger partial charge in [0.15, 0.2) is 11.0 Å². The quantitative estimate of drug-likeness (QED) is 0.351. The third-order valence-electron chi connectivity index (χ3n) is 4.37. The molecule has 1 amide bonds. The van der Waals surface area contributed by atoms with Gasteiger partial charge in [0.1, 0.15) is 5.75 Å². The van der Waals surface area contributed by atoms with E-state index in [2.05, 4.69) is 26.8 Å². The minimum Gasteiger partial charge on any atom is -0.435 e. The zero-order chi connectivity index (χ0) is 22.2. The van der Waals surface area contributed by atoms with Gasteiger partial charge in [-0.2, -0.15) is 8.78 Å². The molecule has 2 aromatic carbocycles. The predicted octanol–water partition coefficient (Wildman–Crippen LogP) is 5.03. The number of aromatic nitrogens is 3. The molecule has 162 valence electrons. The van der Waals surface area contributed by atoms with Gasteiger partial charge in [-0.05, 0) is 42.3 Å². The zero-order valence-electron chi connectivity index (χ0n) is 16.9. The van der Waals surface area contributed by atoms with E-state index in [0.29, 0.717) is 23.1 Å². The second kappa shape index (κ2) is 10.7. The van der Waals surface area contributed by atoms with E-state index in [1.165, 1.54) is 23.9 Å². The molecule has 3 rings (SSSR count). The summed E-state index contributed by atoms with van der Waals surface area (Å²) in [6.07, 6.45) is 2.52. The molecule has 9 heteroatoms. The smallest absolute Gasteiger partial charge is 0.387 e. The van der Waals surface area contributed by atoms with E-state index in [1.54, 1.807) is 18.2 Å². The highest BCUT2D eigenvalue weighted by Gasteiger charge is 2.16. The first-order valence-corrected chi connectivity index (χ1v) is 10.6. The molecule has 0 bridgehead atoms. The first kappa shape index (κ1) is 22.5. The van der Waals surface area contributed by atoms with E-state index in [-0.39, 0.29) is 17.4 Å². The zero-order valence-corrected chi connectivity index (χ0v) is 17.7. The molecule has 0 aliphatic carbocycles. The summed E-state index contributed by atoms with van der Waals surface area (Å²) in [6.45, 7) is 3.34. The first-order valence-electron chi connectivity index (χ1n) is 9.61. The Morgan fingerprint density at radius 1 is 1.23 bits per heavy atom. The molecule has 1 N–H and O–H groups in total. The molecule has 0 aliphatic rings. The molecule has 6 nitrogen and oxygen atoms in total. The number of nitrogens with one attached hydrogen (secondary N) is 1. The number of amides is 1. The van der Waals surface area contributed by atoms with E-state index >= 15 is 0 Å². The van der Waals surface area contributed by atoms with Crippen LogP contribution in [0.5, 0.6) is 5.75 Å². The summed E-state index contributed by atoms with van der Waals surface area (Å²) in [7, 11) is 0. The third-order valence-corrected chi connectivity index (χ3v) is 5.34.